The van der Waals surface area contributed by atoms with Gasteiger partial charge in [0, 0.05) is 9.79 Å². The molecule has 66 valence electrons. The maximum absolute atomic E-state index is 8.72. The first kappa shape index (κ1) is 9.21. The molecule has 0 amide bonds. The van der Waals surface area contributed by atoms with Gasteiger partial charge in [0.25, 0.3) is 5.70 Å². The van der Waals surface area contributed by atoms with Crippen LogP contribution in [0.15, 0.2) is 44.0 Å². The van der Waals surface area contributed by atoms with Crippen molar-refractivity contribution in [1.29, 1.82) is 5.26 Å². The second-order valence-corrected chi connectivity index (χ2v) is 4.87. The molecule has 0 aromatic heterocycles. The van der Waals surface area contributed by atoms with E-state index >= 15 is 0 Å². The van der Waals surface area contributed by atoms with Crippen LogP contribution in [-0.4, -0.2) is 0 Å². The number of hydrogen-bond donors (Lipinski definition) is 0. The lowest BCUT2D eigenvalue weighted by atomic mass is 10.4. The van der Waals surface area contributed by atoms with E-state index in [1.807, 2.05) is 30.3 Å². The molecule has 0 atom stereocenters. The van der Waals surface area contributed by atoms with Gasteiger partial charge in [0.15, 0.2) is 0 Å². The summed E-state index contributed by atoms with van der Waals surface area (Å²) in [7, 11) is 0. The van der Waals surface area contributed by atoms with E-state index in [-0.39, 0.29) is 5.70 Å². The second kappa shape index (κ2) is 3.79. The van der Waals surface area contributed by atoms with Gasteiger partial charge < -0.3 is 0 Å². The highest BCUT2D eigenvalue weighted by Gasteiger charge is 2.20. The van der Waals surface area contributed by atoms with Crippen molar-refractivity contribution < 1.29 is 0 Å². The summed E-state index contributed by atoms with van der Waals surface area (Å²) in [6, 6.07) is 9.83. The number of nitrogens with zero attached hydrogens (tertiary/aromatic N) is 2. The Labute approximate surface area is 90.4 Å². The predicted molar refractivity (Wildman–Crippen MR) is 57.4 cm³/mol. The summed E-state index contributed by atoms with van der Waals surface area (Å²) in [5.41, 5.74) is 0.191. The van der Waals surface area contributed by atoms with Gasteiger partial charge in [-0.05, 0) is 12.1 Å². The molecule has 4 heteroatoms. The van der Waals surface area contributed by atoms with Gasteiger partial charge in [-0.1, -0.05) is 35.7 Å². The number of nitriles is 1. The quantitative estimate of drug-likeness (QED) is 0.491. The molecule has 0 fully saturated rings. The van der Waals surface area contributed by atoms with Crippen LogP contribution < -0.4 is 0 Å². The molecule has 0 unspecified atom stereocenters. The summed E-state index contributed by atoms with van der Waals surface area (Å²) in [6.07, 6.45) is 0. The van der Waals surface area contributed by atoms with Gasteiger partial charge in [-0.25, -0.2) is 10.1 Å². The minimum Gasteiger partial charge on any atom is -0.225 e. The Morgan fingerprint density at radius 2 is 1.86 bits per heavy atom. The van der Waals surface area contributed by atoms with Crippen LogP contribution in [0.4, 0.5) is 0 Å². The standard InChI is InChI=1S/C10H4N2S2/c1-12-7(6-11)10-13-8-4-2-3-5-9(8)14-10/h2-5H. The number of thioether (sulfide) groups is 2. The average molecular weight is 216 g/mol. The maximum atomic E-state index is 8.72. The molecule has 0 saturated carbocycles. The molecule has 0 saturated heterocycles. The van der Waals surface area contributed by atoms with Gasteiger partial charge in [-0.2, -0.15) is 0 Å². The van der Waals surface area contributed by atoms with Gasteiger partial charge in [-0.3, -0.25) is 0 Å². The topological polar surface area (TPSA) is 28.1 Å². The van der Waals surface area contributed by atoms with Gasteiger partial charge in [0.2, 0.25) is 0 Å². The van der Waals surface area contributed by atoms with Crippen molar-refractivity contribution in [1.82, 2.24) is 0 Å². The monoisotopic (exact) mass is 216 g/mol. The van der Waals surface area contributed by atoms with Crippen molar-refractivity contribution in [2.45, 2.75) is 9.79 Å². The van der Waals surface area contributed by atoms with Gasteiger partial charge in [0.05, 0.1) is 16.9 Å². The Hall–Kier alpha value is -1.36. The maximum Gasteiger partial charge on any atom is 0.282 e. The molecular weight excluding hydrogens is 212 g/mol. The van der Waals surface area contributed by atoms with E-state index < -0.39 is 0 Å². The van der Waals surface area contributed by atoms with Gasteiger partial charge >= 0.3 is 0 Å². The van der Waals surface area contributed by atoms with Crippen LogP contribution >= 0.6 is 23.5 Å². The molecule has 14 heavy (non-hydrogen) atoms. The van der Waals surface area contributed by atoms with Crippen LogP contribution in [0.3, 0.4) is 0 Å². The third kappa shape index (κ3) is 1.50. The van der Waals surface area contributed by atoms with Gasteiger partial charge in [-0.15, -0.1) is 0 Å². The summed E-state index contributed by atoms with van der Waals surface area (Å²) in [6.45, 7) is 6.85. The first-order valence-corrected chi connectivity index (χ1v) is 5.45. The molecule has 0 bridgehead atoms. The number of rotatable bonds is 0. The van der Waals surface area contributed by atoms with Crippen LogP contribution in [0.2, 0.25) is 0 Å². The number of allylic oxidation sites excluding steroid dienone is 1. The Bertz CT molecular complexity index is 449. The fourth-order valence-corrected chi connectivity index (χ4v) is 3.41. The number of fused-ring (bicyclic) bond motifs is 1. The van der Waals surface area contributed by atoms with Crippen molar-refractivity contribution in [2.24, 2.45) is 0 Å². The lowest BCUT2D eigenvalue weighted by Gasteiger charge is -1.90. The van der Waals surface area contributed by atoms with Crippen molar-refractivity contribution in [2.75, 3.05) is 0 Å². The lowest BCUT2D eigenvalue weighted by Crippen LogP contribution is -1.69. The van der Waals surface area contributed by atoms with E-state index in [1.165, 1.54) is 23.5 Å². The van der Waals surface area contributed by atoms with E-state index in [2.05, 4.69) is 4.85 Å². The fraction of sp³-hybridized carbons (Fsp3) is 0. The lowest BCUT2D eigenvalue weighted by molar-refractivity contribution is 1.27. The molecule has 0 N–H and O–H groups in total. The zero-order chi connectivity index (χ0) is 9.97. The molecule has 1 aliphatic rings. The van der Waals surface area contributed by atoms with E-state index in [0.717, 1.165) is 14.0 Å². The zero-order valence-corrected chi connectivity index (χ0v) is 8.65. The van der Waals surface area contributed by atoms with Crippen LogP contribution in [-0.2, 0) is 0 Å². The van der Waals surface area contributed by atoms with E-state index in [4.69, 9.17) is 11.8 Å². The summed E-state index contributed by atoms with van der Waals surface area (Å²) < 4.78 is 0.795. The first-order valence-electron chi connectivity index (χ1n) is 3.81. The molecule has 2 rings (SSSR count). The largest absolute Gasteiger partial charge is 0.282 e. The van der Waals surface area contributed by atoms with E-state index in [0.29, 0.717) is 0 Å². The summed E-state index contributed by atoms with van der Waals surface area (Å²) in [5, 5.41) is 8.72. The van der Waals surface area contributed by atoms with Crippen molar-refractivity contribution >= 4 is 23.5 Å². The van der Waals surface area contributed by atoms with Crippen LogP contribution in [0.25, 0.3) is 4.85 Å². The van der Waals surface area contributed by atoms with Crippen LogP contribution in [0.5, 0.6) is 0 Å². The molecule has 1 aromatic carbocycles. The second-order valence-electron chi connectivity index (χ2n) is 2.51. The summed E-state index contributed by atoms with van der Waals surface area (Å²) in [4.78, 5) is 5.46. The Morgan fingerprint density at radius 3 is 2.29 bits per heavy atom. The van der Waals surface area contributed by atoms with Crippen molar-refractivity contribution in [3.8, 4) is 6.07 Å². The Balaban J connectivity index is 2.43. The fourth-order valence-electron chi connectivity index (χ4n) is 1.05. The number of benzene rings is 1. The van der Waals surface area contributed by atoms with Crippen LogP contribution in [0.1, 0.15) is 0 Å². The zero-order valence-electron chi connectivity index (χ0n) is 7.02. The summed E-state index contributed by atoms with van der Waals surface area (Å²) in [5.74, 6) is 0. The molecule has 0 radical (unpaired) electrons. The molecular formula is C10H4N2S2. The molecule has 2 nitrogen and oxygen atoms in total. The molecule has 1 aliphatic heterocycles. The molecule has 1 aromatic rings. The normalized spacial score (nSPS) is 12.9. The van der Waals surface area contributed by atoms with E-state index in [9.17, 15) is 0 Å². The molecule has 1 heterocycles. The average Bonchev–Trinajstić information content (AvgIpc) is 2.63. The smallest absolute Gasteiger partial charge is 0.225 e. The Kier molecular flexibility index (Phi) is 2.49. The third-order valence-corrected chi connectivity index (χ3v) is 4.20. The highest BCUT2D eigenvalue weighted by atomic mass is 32.2. The van der Waals surface area contributed by atoms with Crippen LogP contribution in [0, 0.1) is 17.9 Å². The first-order chi connectivity index (χ1) is 6.85. The third-order valence-electron chi connectivity index (χ3n) is 1.67. The predicted octanol–water partition coefficient (Wildman–Crippen LogP) is 3.50. The Morgan fingerprint density at radius 1 is 1.29 bits per heavy atom. The van der Waals surface area contributed by atoms with E-state index in [1.54, 1.807) is 0 Å². The summed E-state index contributed by atoms with van der Waals surface area (Å²) >= 11 is 3.00. The highest BCUT2D eigenvalue weighted by Crippen LogP contribution is 2.51. The minimum absolute atomic E-state index is 0.191. The molecule has 0 aliphatic carbocycles. The van der Waals surface area contributed by atoms with Crippen molar-refractivity contribution in [3.05, 3.63) is 45.6 Å². The SMILES string of the molecule is [C-]#[N+]C(C#N)=C1Sc2ccccc2S1. The van der Waals surface area contributed by atoms with Crippen molar-refractivity contribution in [3.63, 3.8) is 0 Å². The number of hydrogen-bond acceptors (Lipinski definition) is 3. The minimum atomic E-state index is 0.191. The molecule has 0 spiro atoms. The highest BCUT2D eigenvalue weighted by molar-refractivity contribution is 8.24. The van der Waals surface area contributed by atoms with Gasteiger partial charge in [0.1, 0.15) is 0 Å².